The number of rotatable bonds is 7. The molecule has 0 N–H and O–H groups in total. The lowest BCUT2D eigenvalue weighted by Gasteiger charge is -2.07. The summed E-state index contributed by atoms with van der Waals surface area (Å²) in [7, 11) is 1.35. The summed E-state index contributed by atoms with van der Waals surface area (Å²) in [5, 5.41) is 0. The molecule has 0 aliphatic carbocycles. The summed E-state index contributed by atoms with van der Waals surface area (Å²) in [6, 6.07) is 0. The molecule has 0 aliphatic rings. The third kappa shape index (κ3) is 6.94. The molecule has 0 amide bonds. The maximum Gasteiger partial charge on any atom is 0.308 e. The zero-order chi connectivity index (χ0) is 11.7. The zero-order valence-corrected chi connectivity index (χ0v) is 9.45. The highest BCUT2D eigenvalue weighted by atomic mass is 16.5. The Balaban J connectivity index is 3.46. The maximum absolute atomic E-state index is 11.0. The van der Waals surface area contributed by atoms with Crippen molar-refractivity contribution in [2.24, 2.45) is 5.92 Å². The topological polar surface area (TPSA) is 52.6 Å². The molecule has 0 aromatic heterocycles. The fourth-order valence-corrected chi connectivity index (χ4v) is 1.18. The van der Waals surface area contributed by atoms with Crippen molar-refractivity contribution in [1.29, 1.82) is 0 Å². The van der Waals surface area contributed by atoms with Crippen molar-refractivity contribution in [3.63, 3.8) is 0 Å². The smallest absolute Gasteiger partial charge is 0.308 e. The number of hydrogen-bond donors (Lipinski definition) is 0. The first-order valence-electron chi connectivity index (χ1n) is 5.18. The minimum absolute atomic E-state index is 0.184. The summed E-state index contributed by atoms with van der Waals surface area (Å²) in [4.78, 5) is 21.9. The molecular formula is C11H19O4. The molecule has 1 atom stereocenters. The molecule has 4 nitrogen and oxygen atoms in total. The summed E-state index contributed by atoms with van der Waals surface area (Å²) >= 11 is 0. The van der Waals surface area contributed by atoms with Gasteiger partial charge in [-0.05, 0) is 26.7 Å². The molecule has 87 valence electrons. The lowest BCUT2D eigenvalue weighted by molar-refractivity contribution is -0.144. The Labute approximate surface area is 90.9 Å². The molecule has 0 aromatic carbocycles. The number of unbranched alkanes of at least 4 members (excludes halogenated alkanes) is 1. The van der Waals surface area contributed by atoms with Gasteiger partial charge in [-0.1, -0.05) is 6.42 Å². The van der Waals surface area contributed by atoms with Crippen molar-refractivity contribution < 1.29 is 19.1 Å². The summed E-state index contributed by atoms with van der Waals surface area (Å²) in [6.45, 7) is 5.87. The van der Waals surface area contributed by atoms with Crippen LogP contribution in [0.1, 0.15) is 32.6 Å². The summed E-state index contributed by atoms with van der Waals surface area (Å²) in [6.07, 6.45) is 2.55. The average Bonchev–Trinajstić information content (AvgIpc) is 2.23. The summed E-state index contributed by atoms with van der Waals surface area (Å²) < 4.78 is 9.31. The number of ether oxygens (including phenoxy) is 2. The van der Waals surface area contributed by atoms with Gasteiger partial charge in [-0.25, -0.2) is 0 Å². The Morgan fingerprint density at radius 3 is 2.53 bits per heavy atom. The highest BCUT2D eigenvalue weighted by Crippen LogP contribution is 2.10. The Bertz CT molecular complexity index is 201. The molecule has 0 aromatic rings. The lowest BCUT2D eigenvalue weighted by atomic mass is 10.0. The van der Waals surface area contributed by atoms with E-state index in [0.717, 1.165) is 12.8 Å². The van der Waals surface area contributed by atoms with Crippen LogP contribution in [0.3, 0.4) is 0 Å². The van der Waals surface area contributed by atoms with Crippen LogP contribution in [0.5, 0.6) is 0 Å². The molecule has 0 saturated heterocycles. The van der Waals surface area contributed by atoms with Crippen LogP contribution < -0.4 is 0 Å². The quantitative estimate of drug-likeness (QED) is 0.479. The predicted molar refractivity (Wildman–Crippen MR) is 56.0 cm³/mol. The molecule has 0 spiro atoms. The largest absolute Gasteiger partial charge is 0.469 e. The van der Waals surface area contributed by atoms with Crippen LogP contribution >= 0.6 is 0 Å². The van der Waals surface area contributed by atoms with Crippen molar-refractivity contribution >= 4 is 11.9 Å². The maximum atomic E-state index is 11.0. The van der Waals surface area contributed by atoms with Gasteiger partial charge in [-0.2, -0.15) is 0 Å². The Morgan fingerprint density at radius 1 is 1.33 bits per heavy atom. The van der Waals surface area contributed by atoms with Gasteiger partial charge in [0.2, 0.25) is 0 Å². The average molecular weight is 215 g/mol. The first-order valence-corrected chi connectivity index (χ1v) is 5.18. The first kappa shape index (κ1) is 13.9. The van der Waals surface area contributed by atoms with Crippen molar-refractivity contribution in [3.8, 4) is 0 Å². The minimum atomic E-state index is -0.336. The van der Waals surface area contributed by atoms with E-state index in [1.54, 1.807) is 6.92 Å². The lowest BCUT2D eigenvalue weighted by Crippen LogP contribution is -2.13. The number of hydrogen-bond acceptors (Lipinski definition) is 4. The molecular weight excluding hydrogens is 196 g/mol. The Kier molecular flexibility index (Phi) is 7.68. The highest BCUT2D eigenvalue weighted by Gasteiger charge is 2.12. The van der Waals surface area contributed by atoms with Crippen molar-refractivity contribution in [2.75, 3.05) is 13.7 Å². The number of methoxy groups -OCH3 is 1. The second-order valence-corrected chi connectivity index (χ2v) is 3.27. The molecule has 0 bridgehead atoms. The first-order chi connectivity index (χ1) is 7.11. The number of carbonyl (C=O) groups excluding carboxylic acids is 2. The zero-order valence-electron chi connectivity index (χ0n) is 9.45. The van der Waals surface area contributed by atoms with Gasteiger partial charge >= 0.3 is 11.9 Å². The molecule has 0 fully saturated rings. The Morgan fingerprint density at radius 2 is 2.00 bits per heavy atom. The van der Waals surface area contributed by atoms with E-state index in [0.29, 0.717) is 19.4 Å². The number of esters is 2. The van der Waals surface area contributed by atoms with E-state index >= 15 is 0 Å². The predicted octanol–water partition coefficient (Wildman–Crippen LogP) is 1.73. The third-order valence-electron chi connectivity index (χ3n) is 2.02. The van der Waals surface area contributed by atoms with Crippen molar-refractivity contribution in [2.45, 2.75) is 32.6 Å². The van der Waals surface area contributed by atoms with Crippen LogP contribution in [0.2, 0.25) is 0 Å². The van der Waals surface area contributed by atoms with Gasteiger partial charge in [0, 0.05) is 6.42 Å². The monoisotopic (exact) mass is 215 g/mol. The minimum Gasteiger partial charge on any atom is -0.469 e. The van der Waals surface area contributed by atoms with Crippen LogP contribution in [0, 0.1) is 12.8 Å². The van der Waals surface area contributed by atoms with Crippen LogP contribution in [0.4, 0.5) is 0 Å². The van der Waals surface area contributed by atoms with E-state index < -0.39 is 0 Å². The SMILES string of the molecule is [CH2]C(CCCCC(=O)OCC)C(=O)OC. The van der Waals surface area contributed by atoms with E-state index in [1.807, 2.05) is 0 Å². The normalized spacial score (nSPS) is 11.9. The summed E-state index contributed by atoms with van der Waals surface area (Å²) in [5.74, 6) is -0.820. The van der Waals surface area contributed by atoms with Crippen LogP contribution in [0.25, 0.3) is 0 Å². The molecule has 0 saturated carbocycles. The van der Waals surface area contributed by atoms with Gasteiger partial charge in [-0.15, -0.1) is 0 Å². The van der Waals surface area contributed by atoms with Gasteiger partial charge < -0.3 is 9.47 Å². The van der Waals surface area contributed by atoms with E-state index in [2.05, 4.69) is 11.7 Å². The fourth-order valence-electron chi connectivity index (χ4n) is 1.18. The third-order valence-corrected chi connectivity index (χ3v) is 2.02. The van der Waals surface area contributed by atoms with E-state index in [4.69, 9.17) is 4.74 Å². The fraction of sp³-hybridized carbons (Fsp3) is 0.727. The number of carbonyl (C=O) groups is 2. The highest BCUT2D eigenvalue weighted by molar-refractivity contribution is 5.72. The molecule has 15 heavy (non-hydrogen) atoms. The van der Waals surface area contributed by atoms with Gasteiger partial charge in [0.1, 0.15) is 0 Å². The molecule has 0 heterocycles. The second kappa shape index (κ2) is 8.26. The van der Waals surface area contributed by atoms with Crippen LogP contribution in [-0.4, -0.2) is 25.7 Å². The molecule has 1 radical (unpaired) electrons. The van der Waals surface area contributed by atoms with Gasteiger partial charge in [0.25, 0.3) is 0 Å². The van der Waals surface area contributed by atoms with Gasteiger partial charge in [0.05, 0.1) is 19.6 Å². The van der Waals surface area contributed by atoms with E-state index in [1.165, 1.54) is 7.11 Å². The van der Waals surface area contributed by atoms with Crippen molar-refractivity contribution in [3.05, 3.63) is 6.92 Å². The van der Waals surface area contributed by atoms with Gasteiger partial charge in [0.15, 0.2) is 0 Å². The van der Waals surface area contributed by atoms with Crippen LogP contribution in [0.15, 0.2) is 0 Å². The molecule has 0 rings (SSSR count). The van der Waals surface area contributed by atoms with Crippen LogP contribution in [-0.2, 0) is 19.1 Å². The molecule has 1 unspecified atom stereocenters. The Hall–Kier alpha value is -1.06. The summed E-state index contributed by atoms with van der Waals surface area (Å²) in [5.41, 5.74) is 0. The van der Waals surface area contributed by atoms with E-state index in [-0.39, 0.29) is 17.9 Å². The second-order valence-electron chi connectivity index (χ2n) is 3.27. The molecule has 4 heteroatoms. The van der Waals surface area contributed by atoms with Crippen molar-refractivity contribution in [1.82, 2.24) is 0 Å². The van der Waals surface area contributed by atoms with Gasteiger partial charge in [-0.3, -0.25) is 9.59 Å². The van der Waals surface area contributed by atoms with E-state index in [9.17, 15) is 9.59 Å². The molecule has 0 aliphatic heterocycles. The standard InChI is InChI=1S/C11H19O4/c1-4-15-10(12)8-6-5-7-9(2)11(13)14-3/h9H,2,4-8H2,1,3H3.